The van der Waals surface area contributed by atoms with Crippen LogP contribution in [0.25, 0.3) is 0 Å². The van der Waals surface area contributed by atoms with E-state index in [0.717, 1.165) is 22.5 Å². The molecule has 26 heavy (non-hydrogen) atoms. The second-order valence-electron chi connectivity index (χ2n) is 6.68. The first-order chi connectivity index (χ1) is 12.4. The van der Waals surface area contributed by atoms with E-state index in [0.29, 0.717) is 24.7 Å². The lowest BCUT2D eigenvalue weighted by atomic mass is 10.1. The fourth-order valence-electron chi connectivity index (χ4n) is 3.15. The first-order valence-corrected chi connectivity index (χ1v) is 9.03. The maximum atomic E-state index is 12.7. The maximum absolute atomic E-state index is 12.7. The lowest BCUT2D eigenvalue weighted by molar-refractivity contribution is -0.0135. The van der Waals surface area contributed by atoms with Gasteiger partial charge in [0.15, 0.2) is 0 Å². The Kier molecular flexibility index (Phi) is 5.69. The molecule has 1 unspecified atom stereocenters. The van der Waals surface area contributed by atoms with Crippen LogP contribution in [-0.4, -0.2) is 44.7 Å². The van der Waals surface area contributed by atoms with E-state index in [1.54, 1.807) is 4.90 Å². The SMILES string of the molecule is Cc1cc(NC(=O)N2CCOC(c3ccc(Cl)cc3)C2)ccc1N(C)C. The molecule has 1 N–H and O–H groups in total. The molecule has 1 atom stereocenters. The van der Waals surface area contributed by atoms with Crippen LogP contribution in [0.5, 0.6) is 0 Å². The van der Waals surface area contributed by atoms with Crippen LogP contribution in [0.4, 0.5) is 16.2 Å². The van der Waals surface area contributed by atoms with Crippen LogP contribution in [0.15, 0.2) is 42.5 Å². The Morgan fingerprint density at radius 1 is 1.23 bits per heavy atom. The molecule has 1 fully saturated rings. The molecule has 5 nitrogen and oxygen atoms in total. The molecule has 0 aliphatic carbocycles. The van der Waals surface area contributed by atoms with Gasteiger partial charge in [-0.3, -0.25) is 0 Å². The number of hydrogen-bond acceptors (Lipinski definition) is 3. The van der Waals surface area contributed by atoms with Crippen molar-refractivity contribution >= 4 is 29.0 Å². The first-order valence-electron chi connectivity index (χ1n) is 8.65. The summed E-state index contributed by atoms with van der Waals surface area (Å²) in [6, 6.07) is 13.4. The summed E-state index contributed by atoms with van der Waals surface area (Å²) in [6.07, 6.45) is -0.135. The number of urea groups is 1. The number of nitrogens with one attached hydrogen (secondary N) is 1. The van der Waals surface area contributed by atoms with Crippen LogP contribution in [0.3, 0.4) is 0 Å². The van der Waals surface area contributed by atoms with Crippen molar-refractivity contribution in [3.8, 4) is 0 Å². The van der Waals surface area contributed by atoms with Crippen molar-refractivity contribution in [2.75, 3.05) is 44.0 Å². The summed E-state index contributed by atoms with van der Waals surface area (Å²) in [5, 5.41) is 3.68. The van der Waals surface area contributed by atoms with Gasteiger partial charge in [-0.05, 0) is 48.4 Å². The van der Waals surface area contributed by atoms with Crippen molar-refractivity contribution in [1.29, 1.82) is 0 Å². The van der Waals surface area contributed by atoms with Gasteiger partial charge in [-0.25, -0.2) is 4.79 Å². The molecule has 138 valence electrons. The highest BCUT2D eigenvalue weighted by Crippen LogP contribution is 2.25. The minimum absolute atomic E-state index is 0.107. The van der Waals surface area contributed by atoms with E-state index in [2.05, 4.69) is 10.2 Å². The van der Waals surface area contributed by atoms with Gasteiger partial charge in [0, 0.05) is 37.0 Å². The summed E-state index contributed by atoms with van der Waals surface area (Å²) in [7, 11) is 4.01. The number of carbonyl (C=O) groups is 1. The van der Waals surface area contributed by atoms with Crippen molar-refractivity contribution in [1.82, 2.24) is 4.90 Å². The molecule has 0 radical (unpaired) electrons. The number of aryl methyl sites for hydroxylation is 1. The normalized spacial score (nSPS) is 17.1. The van der Waals surface area contributed by atoms with Crippen molar-refractivity contribution in [3.63, 3.8) is 0 Å². The predicted molar refractivity (Wildman–Crippen MR) is 106 cm³/mol. The quantitative estimate of drug-likeness (QED) is 0.871. The Labute approximate surface area is 159 Å². The van der Waals surface area contributed by atoms with Gasteiger partial charge in [-0.1, -0.05) is 23.7 Å². The van der Waals surface area contributed by atoms with Crippen LogP contribution in [0, 0.1) is 6.92 Å². The standard InChI is InChI=1S/C20H24ClN3O2/c1-14-12-17(8-9-18(14)23(2)3)22-20(25)24-10-11-26-19(13-24)15-4-6-16(21)7-5-15/h4-9,12,19H,10-11,13H2,1-3H3,(H,22,25). The molecule has 2 aromatic rings. The van der Waals surface area contributed by atoms with Gasteiger partial charge >= 0.3 is 6.03 Å². The zero-order valence-corrected chi connectivity index (χ0v) is 16.1. The number of amides is 2. The largest absolute Gasteiger partial charge is 0.377 e. The molecule has 2 amide bonds. The highest BCUT2D eigenvalue weighted by Gasteiger charge is 2.25. The Hall–Kier alpha value is -2.24. The van der Waals surface area contributed by atoms with Gasteiger partial charge in [-0.15, -0.1) is 0 Å². The molecule has 3 rings (SSSR count). The van der Waals surface area contributed by atoms with Crippen LogP contribution < -0.4 is 10.2 Å². The summed E-state index contributed by atoms with van der Waals surface area (Å²) in [4.78, 5) is 16.5. The summed E-state index contributed by atoms with van der Waals surface area (Å²) in [6.45, 7) is 3.64. The smallest absolute Gasteiger partial charge is 0.322 e. The molecule has 6 heteroatoms. The average Bonchev–Trinajstić information content (AvgIpc) is 2.62. The number of nitrogens with zero attached hydrogens (tertiary/aromatic N) is 2. The van der Waals surface area contributed by atoms with Crippen LogP contribution >= 0.6 is 11.6 Å². The molecular weight excluding hydrogens is 350 g/mol. The van der Waals surface area contributed by atoms with E-state index < -0.39 is 0 Å². The molecule has 1 heterocycles. The lowest BCUT2D eigenvalue weighted by Gasteiger charge is -2.33. The molecule has 0 bridgehead atoms. The molecule has 0 aromatic heterocycles. The van der Waals surface area contributed by atoms with E-state index in [1.165, 1.54) is 0 Å². The van der Waals surface area contributed by atoms with Gasteiger partial charge in [0.2, 0.25) is 0 Å². The van der Waals surface area contributed by atoms with E-state index in [4.69, 9.17) is 16.3 Å². The van der Waals surface area contributed by atoms with E-state index in [1.807, 2.05) is 63.5 Å². The molecule has 1 aliphatic rings. The molecule has 0 spiro atoms. The zero-order chi connectivity index (χ0) is 18.7. The van der Waals surface area contributed by atoms with Crippen molar-refractivity contribution in [2.24, 2.45) is 0 Å². The number of anilines is 2. The number of carbonyl (C=O) groups excluding carboxylic acids is 1. The van der Waals surface area contributed by atoms with Crippen molar-refractivity contribution in [2.45, 2.75) is 13.0 Å². The molecule has 1 aliphatic heterocycles. The van der Waals surface area contributed by atoms with Crippen LogP contribution in [0.2, 0.25) is 5.02 Å². The second kappa shape index (κ2) is 7.98. The number of benzene rings is 2. The van der Waals surface area contributed by atoms with Crippen LogP contribution in [0.1, 0.15) is 17.2 Å². The minimum atomic E-state index is -0.135. The highest BCUT2D eigenvalue weighted by atomic mass is 35.5. The van der Waals surface area contributed by atoms with Gasteiger partial charge < -0.3 is 19.9 Å². The third kappa shape index (κ3) is 4.29. The van der Waals surface area contributed by atoms with Gasteiger partial charge in [0.1, 0.15) is 6.10 Å². The van der Waals surface area contributed by atoms with E-state index in [9.17, 15) is 4.79 Å². The summed E-state index contributed by atoms with van der Waals surface area (Å²) >= 11 is 5.94. The molecule has 1 saturated heterocycles. The fraction of sp³-hybridized carbons (Fsp3) is 0.350. The summed E-state index contributed by atoms with van der Waals surface area (Å²) in [5.41, 5.74) is 4.08. The number of ether oxygens (including phenoxy) is 1. The summed E-state index contributed by atoms with van der Waals surface area (Å²) < 4.78 is 5.83. The third-order valence-electron chi connectivity index (χ3n) is 4.53. The van der Waals surface area contributed by atoms with Crippen LogP contribution in [-0.2, 0) is 4.74 Å². The van der Waals surface area contributed by atoms with Crippen molar-refractivity contribution in [3.05, 3.63) is 58.6 Å². The lowest BCUT2D eigenvalue weighted by Crippen LogP contribution is -2.44. The highest BCUT2D eigenvalue weighted by molar-refractivity contribution is 6.30. The number of halogens is 1. The molecule has 2 aromatic carbocycles. The predicted octanol–water partition coefficient (Wildman–Crippen LogP) is 4.32. The number of rotatable bonds is 3. The second-order valence-corrected chi connectivity index (χ2v) is 7.12. The Morgan fingerprint density at radius 3 is 2.62 bits per heavy atom. The van der Waals surface area contributed by atoms with E-state index in [-0.39, 0.29) is 12.1 Å². The van der Waals surface area contributed by atoms with Crippen molar-refractivity contribution < 1.29 is 9.53 Å². The van der Waals surface area contributed by atoms with E-state index >= 15 is 0 Å². The topological polar surface area (TPSA) is 44.8 Å². The van der Waals surface area contributed by atoms with Gasteiger partial charge in [0.25, 0.3) is 0 Å². The minimum Gasteiger partial charge on any atom is -0.377 e. The molecular formula is C20H24ClN3O2. The zero-order valence-electron chi connectivity index (χ0n) is 15.3. The monoisotopic (exact) mass is 373 g/mol. The average molecular weight is 374 g/mol. The summed E-state index contributed by atoms with van der Waals surface area (Å²) in [5.74, 6) is 0. The Morgan fingerprint density at radius 2 is 1.96 bits per heavy atom. The molecule has 0 saturated carbocycles. The maximum Gasteiger partial charge on any atom is 0.322 e. The Balaban J connectivity index is 1.66. The number of morpholine rings is 1. The number of hydrogen-bond donors (Lipinski definition) is 1. The first kappa shape index (κ1) is 18.5. The fourth-order valence-corrected chi connectivity index (χ4v) is 3.28. The Bertz CT molecular complexity index is 777. The third-order valence-corrected chi connectivity index (χ3v) is 4.78. The van der Waals surface area contributed by atoms with Gasteiger partial charge in [-0.2, -0.15) is 0 Å². The van der Waals surface area contributed by atoms with Gasteiger partial charge in [0.05, 0.1) is 13.2 Å².